The molecule has 0 atom stereocenters. The van der Waals surface area contributed by atoms with Crippen LogP contribution in [0.5, 0.6) is 5.75 Å². The van der Waals surface area contributed by atoms with E-state index in [0.717, 1.165) is 11.1 Å². The second kappa shape index (κ2) is 4.46. The predicted octanol–water partition coefficient (Wildman–Crippen LogP) is 2.84. The molecule has 4 heteroatoms. The molecule has 0 amide bonds. The number of phenolic OH excluding ortho intramolecular Hbond substituents is 1. The van der Waals surface area contributed by atoms with Crippen LogP contribution >= 0.6 is 0 Å². The van der Waals surface area contributed by atoms with Gasteiger partial charge >= 0.3 is 0 Å². The van der Waals surface area contributed by atoms with Crippen molar-refractivity contribution >= 4 is 9.84 Å². The summed E-state index contributed by atoms with van der Waals surface area (Å²) in [6, 6.07) is 10.9. The van der Waals surface area contributed by atoms with Gasteiger partial charge in [0.2, 0.25) is 9.84 Å². The van der Waals surface area contributed by atoms with Crippen molar-refractivity contribution in [3.63, 3.8) is 0 Å². The van der Waals surface area contributed by atoms with Crippen molar-refractivity contribution in [3.05, 3.63) is 53.6 Å². The number of sulfone groups is 1. The van der Waals surface area contributed by atoms with Crippen molar-refractivity contribution in [1.82, 2.24) is 0 Å². The third-order valence-corrected chi connectivity index (χ3v) is 4.74. The van der Waals surface area contributed by atoms with Crippen molar-refractivity contribution in [2.75, 3.05) is 0 Å². The molecule has 0 aromatic heterocycles. The smallest absolute Gasteiger partial charge is 0.210 e. The van der Waals surface area contributed by atoms with Crippen LogP contribution in [0.1, 0.15) is 11.1 Å². The first-order valence-electron chi connectivity index (χ1n) is 5.53. The molecule has 0 aliphatic carbocycles. The molecule has 18 heavy (non-hydrogen) atoms. The second-order valence-corrected chi connectivity index (χ2v) is 6.14. The van der Waals surface area contributed by atoms with E-state index in [9.17, 15) is 13.5 Å². The molecule has 0 bridgehead atoms. The molecule has 0 radical (unpaired) electrons. The zero-order valence-electron chi connectivity index (χ0n) is 10.2. The lowest BCUT2D eigenvalue weighted by atomic mass is 10.1. The Kier molecular flexibility index (Phi) is 3.13. The molecule has 0 spiro atoms. The molecule has 0 saturated heterocycles. The summed E-state index contributed by atoms with van der Waals surface area (Å²) < 4.78 is 24.7. The number of benzene rings is 2. The Morgan fingerprint density at radius 3 is 2.22 bits per heavy atom. The normalized spacial score (nSPS) is 11.4. The summed E-state index contributed by atoms with van der Waals surface area (Å²) in [4.78, 5) is 0.139. The van der Waals surface area contributed by atoms with E-state index in [-0.39, 0.29) is 15.5 Å². The van der Waals surface area contributed by atoms with Crippen LogP contribution in [0.2, 0.25) is 0 Å². The van der Waals surface area contributed by atoms with Gasteiger partial charge in [0.05, 0.1) is 4.90 Å². The van der Waals surface area contributed by atoms with Gasteiger partial charge in [-0.05, 0) is 49.2 Å². The standard InChI is InChI=1S/C14H14O3S/c1-10-7-8-12(9-11(10)2)18(16,17)14-6-4-3-5-13(14)15/h3-9,15H,1-2H3. The van der Waals surface area contributed by atoms with Gasteiger partial charge in [0.1, 0.15) is 10.6 Å². The van der Waals surface area contributed by atoms with Crippen LogP contribution < -0.4 is 0 Å². The third-order valence-electron chi connectivity index (χ3n) is 2.94. The fourth-order valence-electron chi connectivity index (χ4n) is 1.69. The van der Waals surface area contributed by atoms with E-state index in [1.807, 2.05) is 13.8 Å². The van der Waals surface area contributed by atoms with Crippen LogP contribution in [0.4, 0.5) is 0 Å². The Morgan fingerprint density at radius 2 is 1.61 bits per heavy atom. The number of rotatable bonds is 2. The third kappa shape index (κ3) is 2.11. The average molecular weight is 262 g/mol. The summed E-state index contributed by atoms with van der Waals surface area (Å²) in [5.41, 5.74) is 1.94. The largest absolute Gasteiger partial charge is 0.507 e. The first-order chi connectivity index (χ1) is 8.43. The summed E-state index contributed by atoms with van der Waals surface area (Å²) in [7, 11) is -3.66. The lowest BCUT2D eigenvalue weighted by Crippen LogP contribution is -2.03. The van der Waals surface area contributed by atoms with E-state index in [0.29, 0.717) is 0 Å². The van der Waals surface area contributed by atoms with Crippen molar-refractivity contribution < 1.29 is 13.5 Å². The van der Waals surface area contributed by atoms with Gasteiger partial charge in [0, 0.05) is 0 Å². The first-order valence-corrected chi connectivity index (χ1v) is 7.01. The maximum atomic E-state index is 12.4. The Morgan fingerprint density at radius 1 is 0.944 bits per heavy atom. The van der Waals surface area contributed by atoms with Crippen molar-refractivity contribution in [1.29, 1.82) is 0 Å². The minimum absolute atomic E-state index is 0.0618. The van der Waals surface area contributed by atoms with Gasteiger partial charge in [0.15, 0.2) is 0 Å². The highest BCUT2D eigenvalue weighted by atomic mass is 32.2. The fourth-order valence-corrected chi connectivity index (χ4v) is 3.13. The molecule has 0 fully saturated rings. The highest BCUT2D eigenvalue weighted by molar-refractivity contribution is 7.91. The number of hydrogen-bond acceptors (Lipinski definition) is 3. The molecule has 0 heterocycles. The Balaban J connectivity index is 2.62. The van der Waals surface area contributed by atoms with Gasteiger partial charge in [-0.2, -0.15) is 0 Å². The Hall–Kier alpha value is -1.81. The maximum Gasteiger partial charge on any atom is 0.210 e. The summed E-state index contributed by atoms with van der Waals surface area (Å²) in [5.74, 6) is -0.226. The van der Waals surface area contributed by atoms with Gasteiger partial charge in [-0.15, -0.1) is 0 Å². The maximum absolute atomic E-state index is 12.4. The number of para-hydroxylation sites is 1. The van der Waals surface area contributed by atoms with Crippen molar-refractivity contribution in [2.45, 2.75) is 23.6 Å². The first kappa shape index (κ1) is 12.6. The van der Waals surface area contributed by atoms with Gasteiger partial charge in [-0.25, -0.2) is 8.42 Å². The molecule has 2 aromatic carbocycles. The highest BCUT2D eigenvalue weighted by Crippen LogP contribution is 2.28. The molecule has 1 N–H and O–H groups in total. The predicted molar refractivity (Wildman–Crippen MR) is 69.5 cm³/mol. The van der Waals surface area contributed by atoms with Crippen LogP contribution in [0.25, 0.3) is 0 Å². The molecule has 0 unspecified atom stereocenters. The van der Waals surface area contributed by atoms with Crippen LogP contribution in [-0.4, -0.2) is 13.5 Å². The number of aromatic hydroxyl groups is 1. The quantitative estimate of drug-likeness (QED) is 0.905. The molecular formula is C14H14O3S. The zero-order valence-corrected chi connectivity index (χ0v) is 11.0. The van der Waals surface area contributed by atoms with Gasteiger partial charge in [0.25, 0.3) is 0 Å². The Labute approximate surface area is 107 Å². The summed E-state index contributed by atoms with van der Waals surface area (Å²) in [6.07, 6.45) is 0. The van der Waals surface area contributed by atoms with Crippen molar-refractivity contribution in [3.8, 4) is 5.75 Å². The summed E-state index contributed by atoms with van der Waals surface area (Å²) in [6.45, 7) is 3.78. The summed E-state index contributed by atoms with van der Waals surface area (Å²) >= 11 is 0. The molecule has 2 rings (SSSR count). The lowest BCUT2D eigenvalue weighted by Gasteiger charge is -2.08. The van der Waals surface area contributed by atoms with E-state index in [1.165, 1.54) is 12.1 Å². The number of aryl methyl sites for hydroxylation is 2. The van der Waals surface area contributed by atoms with Crippen molar-refractivity contribution in [2.24, 2.45) is 0 Å². The SMILES string of the molecule is Cc1ccc(S(=O)(=O)c2ccccc2O)cc1C. The molecule has 94 valence electrons. The molecule has 2 aromatic rings. The van der Waals surface area contributed by atoms with Gasteiger partial charge in [-0.1, -0.05) is 18.2 Å². The number of phenols is 1. The van der Waals surface area contributed by atoms with E-state index >= 15 is 0 Å². The van der Waals surface area contributed by atoms with E-state index in [1.54, 1.807) is 30.3 Å². The number of hydrogen-bond donors (Lipinski definition) is 1. The van der Waals surface area contributed by atoms with Gasteiger partial charge in [-0.3, -0.25) is 0 Å². The monoisotopic (exact) mass is 262 g/mol. The molecular weight excluding hydrogens is 248 g/mol. The highest BCUT2D eigenvalue weighted by Gasteiger charge is 2.21. The molecule has 0 aliphatic rings. The molecule has 0 saturated carbocycles. The fraction of sp³-hybridized carbons (Fsp3) is 0.143. The van der Waals surface area contributed by atoms with E-state index < -0.39 is 9.84 Å². The van der Waals surface area contributed by atoms with Crippen LogP contribution in [0.3, 0.4) is 0 Å². The second-order valence-electron chi connectivity index (χ2n) is 4.22. The van der Waals surface area contributed by atoms with Crippen LogP contribution in [0, 0.1) is 13.8 Å². The van der Waals surface area contributed by atoms with E-state index in [2.05, 4.69) is 0 Å². The molecule has 3 nitrogen and oxygen atoms in total. The average Bonchev–Trinajstić information content (AvgIpc) is 2.33. The van der Waals surface area contributed by atoms with Crippen LogP contribution in [0.15, 0.2) is 52.3 Å². The van der Waals surface area contributed by atoms with E-state index in [4.69, 9.17) is 0 Å². The summed E-state index contributed by atoms with van der Waals surface area (Å²) in [5, 5.41) is 9.65. The topological polar surface area (TPSA) is 54.4 Å². The lowest BCUT2D eigenvalue weighted by molar-refractivity contribution is 0.459. The molecule has 0 aliphatic heterocycles. The van der Waals surface area contributed by atoms with Gasteiger partial charge < -0.3 is 5.11 Å². The Bertz CT molecular complexity index is 688. The van der Waals surface area contributed by atoms with Crippen LogP contribution in [-0.2, 0) is 9.84 Å². The minimum Gasteiger partial charge on any atom is -0.507 e. The zero-order chi connectivity index (χ0) is 13.3. The minimum atomic E-state index is -3.66.